The van der Waals surface area contributed by atoms with E-state index in [9.17, 15) is 4.79 Å². The summed E-state index contributed by atoms with van der Waals surface area (Å²) < 4.78 is 0. The molecule has 0 heterocycles. The number of benzene rings is 2. The summed E-state index contributed by atoms with van der Waals surface area (Å²) >= 11 is 1.71. The van der Waals surface area contributed by atoms with Crippen LogP contribution < -0.4 is 0 Å². The lowest BCUT2D eigenvalue weighted by atomic mass is 9.68. The maximum Gasteiger partial charge on any atom is 0.156 e. The number of carbonyl (C=O) groups excluding carboxylic acids is 1. The Morgan fingerprint density at radius 1 is 1.15 bits per heavy atom. The predicted octanol–water partition coefficient (Wildman–Crippen LogP) is 4.58. The lowest BCUT2D eigenvalue weighted by molar-refractivity contribution is -0.125. The monoisotopic (exact) mass is 284 g/mol. The normalized spacial score (nSPS) is 26.9. The molecule has 2 unspecified atom stereocenters. The average molecular weight is 284 g/mol. The molecule has 3 rings (SSSR count). The number of rotatable bonds is 2. The lowest BCUT2D eigenvalue weighted by Crippen LogP contribution is -2.42. The van der Waals surface area contributed by atoms with Crippen LogP contribution >= 0.6 is 11.8 Å². The van der Waals surface area contributed by atoms with E-state index in [1.807, 2.05) is 0 Å². The molecule has 1 fully saturated rings. The van der Waals surface area contributed by atoms with E-state index < -0.39 is 0 Å². The molecule has 2 heteroatoms. The molecular formula is C18H20OS. The van der Waals surface area contributed by atoms with Crippen molar-refractivity contribution in [3.8, 4) is 0 Å². The van der Waals surface area contributed by atoms with Gasteiger partial charge in [0.05, 0.1) is 10.7 Å². The molecule has 0 radical (unpaired) electrons. The van der Waals surface area contributed by atoms with Crippen LogP contribution in [-0.2, 0) is 10.2 Å². The number of thioether (sulfide) groups is 1. The van der Waals surface area contributed by atoms with E-state index in [0.717, 1.165) is 19.3 Å². The molecule has 1 aliphatic rings. The van der Waals surface area contributed by atoms with Gasteiger partial charge in [-0.1, -0.05) is 48.9 Å². The van der Waals surface area contributed by atoms with Crippen molar-refractivity contribution in [2.75, 3.05) is 6.26 Å². The van der Waals surface area contributed by atoms with Gasteiger partial charge in [-0.25, -0.2) is 0 Å². The number of Topliss-reactive ketones (excluding diaryl/α,β-unsaturated/α-hetero) is 1. The number of fused-ring (bicyclic) bond motifs is 1. The van der Waals surface area contributed by atoms with Crippen molar-refractivity contribution < 1.29 is 4.79 Å². The van der Waals surface area contributed by atoms with Gasteiger partial charge >= 0.3 is 0 Å². The Morgan fingerprint density at radius 3 is 2.70 bits per heavy atom. The second-order valence-corrected chi connectivity index (χ2v) is 6.88. The number of carbonyl (C=O) groups is 1. The maximum absolute atomic E-state index is 12.9. The van der Waals surface area contributed by atoms with E-state index in [2.05, 4.69) is 55.6 Å². The topological polar surface area (TPSA) is 17.1 Å². The minimum Gasteiger partial charge on any atom is -0.297 e. The van der Waals surface area contributed by atoms with Gasteiger partial charge in [-0.2, -0.15) is 11.8 Å². The van der Waals surface area contributed by atoms with Crippen LogP contribution in [0.5, 0.6) is 0 Å². The van der Waals surface area contributed by atoms with E-state index in [4.69, 9.17) is 0 Å². The van der Waals surface area contributed by atoms with Gasteiger partial charge in [-0.3, -0.25) is 4.79 Å². The zero-order valence-electron chi connectivity index (χ0n) is 12.1. The molecule has 0 bridgehead atoms. The molecule has 104 valence electrons. The number of ketones is 1. The molecular weight excluding hydrogens is 264 g/mol. The Hall–Kier alpha value is -1.28. The van der Waals surface area contributed by atoms with E-state index in [0.29, 0.717) is 5.78 Å². The van der Waals surface area contributed by atoms with Gasteiger partial charge in [0.2, 0.25) is 0 Å². The summed E-state index contributed by atoms with van der Waals surface area (Å²) in [5.41, 5.74) is 0.881. The minimum atomic E-state index is -0.327. The second kappa shape index (κ2) is 5.25. The molecule has 1 aliphatic carbocycles. The van der Waals surface area contributed by atoms with Crippen molar-refractivity contribution in [3.63, 3.8) is 0 Å². The second-order valence-electron chi connectivity index (χ2n) is 5.84. The highest BCUT2D eigenvalue weighted by Crippen LogP contribution is 2.42. The average Bonchev–Trinajstić information content (AvgIpc) is 2.49. The van der Waals surface area contributed by atoms with Crippen molar-refractivity contribution in [2.45, 2.75) is 36.9 Å². The van der Waals surface area contributed by atoms with Crippen molar-refractivity contribution in [3.05, 3.63) is 48.0 Å². The predicted molar refractivity (Wildman–Crippen MR) is 87.5 cm³/mol. The lowest BCUT2D eigenvalue weighted by Gasteiger charge is -2.37. The van der Waals surface area contributed by atoms with Crippen LogP contribution in [0.1, 0.15) is 31.7 Å². The van der Waals surface area contributed by atoms with Crippen molar-refractivity contribution in [1.82, 2.24) is 0 Å². The fourth-order valence-electron chi connectivity index (χ4n) is 3.45. The smallest absolute Gasteiger partial charge is 0.156 e. The first-order valence-corrected chi connectivity index (χ1v) is 8.51. The molecule has 0 amide bonds. The minimum absolute atomic E-state index is 0.160. The highest BCUT2D eigenvalue weighted by atomic mass is 32.2. The number of hydrogen-bond acceptors (Lipinski definition) is 2. The summed E-state index contributed by atoms with van der Waals surface area (Å²) in [5.74, 6) is 0.410. The van der Waals surface area contributed by atoms with Gasteiger partial charge in [0.15, 0.2) is 5.78 Å². The Bertz CT molecular complexity index is 643. The summed E-state index contributed by atoms with van der Waals surface area (Å²) in [6, 6.07) is 14.7. The Kier molecular flexibility index (Phi) is 3.59. The molecule has 0 saturated heterocycles. The van der Waals surface area contributed by atoms with Crippen LogP contribution in [0, 0.1) is 0 Å². The van der Waals surface area contributed by atoms with E-state index >= 15 is 0 Å². The third-order valence-corrected chi connectivity index (χ3v) is 5.67. The number of hydrogen-bond donors (Lipinski definition) is 0. The molecule has 2 aromatic carbocycles. The summed E-state index contributed by atoms with van der Waals surface area (Å²) in [5, 5.41) is 2.62. The summed E-state index contributed by atoms with van der Waals surface area (Å²) in [6.07, 6.45) is 5.19. The fourth-order valence-corrected chi connectivity index (χ4v) is 4.33. The molecule has 0 aliphatic heterocycles. The zero-order chi connectivity index (χ0) is 14.2. The van der Waals surface area contributed by atoms with Crippen LogP contribution in [0.3, 0.4) is 0 Å². The van der Waals surface area contributed by atoms with Gasteiger partial charge in [-0.15, -0.1) is 0 Å². The van der Waals surface area contributed by atoms with Gasteiger partial charge < -0.3 is 0 Å². The summed E-state index contributed by atoms with van der Waals surface area (Å²) in [4.78, 5) is 12.9. The van der Waals surface area contributed by atoms with Gasteiger partial charge in [0, 0.05) is 0 Å². The highest BCUT2D eigenvalue weighted by Gasteiger charge is 2.42. The van der Waals surface area contributed by atoms with Crippen molar-refractivity contribution in [2.24, 2.45) is 0 Å². The van der Waals surface area contributed by atoms with Crippen LogP contribution in [-0.4, -0.2) is 17.3 Å². The Morgan fingerprint density at radius 2 is 1.90 bits per heavy atom. The molecule has 20 heavy (non-hydrogen) atoms. The zero-order valence-corrected chi connectivity index (χ0v) is 12.9. The standard InChI is InChI=1S/C18H20OS/c1-18(12-6-11-16(20-2)17(18)19)15-10-5-8-13-7-3-4-9-14(13)15/h3-5,7-10,16H,6,11-12H2,1-2H3. The molecule has 0 spiro atoms. The van der Waals surface area contributed by atoms with E-state index in [1.165, 1.54) is 16.3 Å². The molecule has 1 saturated carbocycles. The maximum atomic E-state index is 12.9. The van der Waals surface area contributed by atoms with Crippen LogP contribution in [0.15, 0.2) is 42.5 Å². The van der Waals surface area contributed by atoms with Crippen LogP contribution in [0.25, 0.3) is 10.8 Å². The third kappa shape index (κ3) is 2.07. The largest absolute Gasteiger partial charge is 0.297 e. The summed E-state index contributed by atoms with van der Waals surface area (Å²) in [6.45, 7) is 2.14. The van der Waals surface area contributed by atoms with Crippen LogP contribution in [0.4, 0.5) is 0 Å². The third-order valence-electron chi connectivity index (χ3n) is 4.65. The molecule has 2 atom stereocenters. The molecule has 0 aromatic heterocycles. The van der Waals surface area contributed by atoms with Gasteiger partial charge in [0.25, 0.3) is 0 Å². The highest BCUT2D eigenvalue weighted by molar-refractivity contribution is 7.99. The van der Waals surface area contributed by atoms with Crippen LogP contribution in [0.2, 0.25) is 0 Å². The molecule has 2 aromatic rings. The van der Waals surface area contributed by atoms with Crippen molar-refractivity contribution >= 4 is 28.3 Å². The van der Waals surface area contributed by atoms with Gasteiger partial charge in [0.1, 0.15) is 0 Å². The first kappa shape index (κ1) is 13.7. The SMILES string of the molecule is CSC1CCCC(C)(c2cccc3ccccc23)C1=O. The first-order valence-electron chi connectivity index (χ1n) is 7.22. The summed E-state index contributed by atoms with van der Waals surface area (Å²) in [7, 11) is 0. The first-order chi connectivity index (χ1) is 9.66. The van der Waals surface area contributed by atoms with E-state index in [1.54, 1.807) is 11.8 Å². The fraction of sp³-hybridized carbons (Fsp3) is 0.389. The Balaban J connectivity index is 2.16. The van der Waals surface area contributed by atoms with Gasteiger partial charge in [-0.05, 0) is 42.4 Å². The molecule has 1 nitrogen and oxygen atoms in total. The Labute approximate surface area is 124 Å². The van der Waals surface area contributed by atoms with E-state index in [-0.39, 0.29) is 10.7 Å². The quantitative estimate of drug-likeness (QED) is 0.803. The molecule has 0 N–H and O–H groups in total. The van der Waals surface area contributed by atoms with Crippen molar-refractivity contribution in [1.29, 1.82) is 0 Å².